The predicted molar refractivity (Wildman–Crippen MR) is 200 cm³/mol. The van der Waals surface area contributed by atoms with E-state index in [0.717, 1.165) is 17.2 Å². The Morgan fingerprint density at radius 1 is 0.543 bits per heavy atom. The van der Waals surface area contributed by atoms with Crippen molar-refractivity contribution in [3.63, 3.8) is 0 Å². The molecule has 2 saturated carbocycles. The van der Waals surface area contributed by atoms with E-state index in [1.807, 2.05) is 14.2 Å². The highest BCUT2D eigenvalue weighted by molar-refractivity contribution is 7.67. The Morgan fingerprint density at radius 3 is 1.43 bits per heavy atom. The summed E-state index contributed by atoms with van der Waals surface area (Å²) in [7, 11) is 4.92. The van der Waals surface area contributed by atoms with Gasteiger partial charge in [0.1, 0.15) is 0 Å². The lowest BCUT2D eigenvalue weighted by Crippen LogP contribution is -2.29. The van der Waals surface area contributed by atoms with Gasteiger partial charge in [0.2, 0.25) is 5.75 Å². The Hall–Kier alpha value is -2.51. The van der Waals surface area contributed by atoms with Gasteiger partial charge in [0.05, 0.1) is 21.3 Å². The Kier molecular flexibility index (Phi) is 11.8. The van der Waals surface area contributed by atoms with E-state index in [1.54, 1.807) is 7.11 Å². The number of hydrogen-bond donors (Lipinski definition) is 0. The lowest BCUT2D eigenvalue weighted by molar-refractivity contribution is 0.327. The van der Waals surface area contributed by atoms with Crippen LogP contribution in [0.4, 0.5) is 0 Å². The normalized spacial score (nSPS) is 16.5. The molecule has 0 N–H and O–H groups in total. The minimum atomic E-state index is -0.536. The van der Waals surface area contributed by atoms with E-state index >= 15 is 0 Å². The topological polar surface area (TPSA) is 27.7 Å². The molecule has 3 aromatic carbocycles. The molecule has 0 spiro atoms. The fourth-order valence-electron chi connectivity index (χ4n) is 8.24. The maximum Gasteiger partial charge on any atom is 0.204 e. The first-order valence-electron chi connectivity index (χ1n) is 18.1. The highest BCUT2D eigenvalue weighted by Crippen LogP contribution is 2.62. The molecule has 46 heavy (non-hydrogen) atoms. The van der Waals surface area contributed by atoms with Crippen LogP contribution in [0.1, 0.15) is 140 Å². The molecule has 0 unspecified atom stereocenters. The molecule has 250 valence electrons. The molecule has 0 radical (unpaired) electrons. The number of ether oxygens (including phenoxy) is 3. The van der Waals surface area contributed by atoms with Crippen LogP contribution in [-0.4, -0.2) is 32.6 Å². The molecule has 2 fully saturated rings. The van der Waals surface area contributed by atoms with Crippen molar-refractivity contribution in [3.05, 3.63) is 59.2 Å². The summed E-state index contributed by atoms with van der Waals surface area (Å²) < 4.78 is 19.4. The number of hydrogen-bond acceptors (Lipinski definition) is 3. The fourth-order valence-corrected chi connectivity index (χ4v) is 12.3. The molecular formula is C42H59O3P. The molecule has 0 aliphatic heterocycles. The largest absolute Gasteiger partial charge is 0.492 e. The molecule has 3 aromatic rings. The van der Waals surface area contributed by atoms with Crippen LogP contribution in [0, 0.1) is 0 Å². The third kappa shape index (κ3) is 6.87. The van der Waals surface area contributed by atoms with Crippen molar-refractivity contribution in [2.24, 2.45) is 0 Å². The van der Waals surface area contributed by atoms with Crippen LogP contribution in [0.3, 0.4) is 0 Å². The van der Waals surface area contributed by atoms with Crippen LogP contribution in [0.25, 0.3) is 22.3 Å². The summed E-state index contributed by atoms with van der Waals surface area (Å²) in [6.45, 7) is 14.0. The van der Waals surface area contributed by atoms with Crippen LogP contribution < -0.4 is 19.5 Å². The average molecular weight is 643 g/mol. The monoisotopic (exact) mass is 642 g/mol. The van der Waals surface area contributed by atoms with Crippen molar-refractivity contribution in [1.82, 2.24) is 0 Å². The van der Waals surface area contributed by atoms with Gasteiger partial charge >= 0.3 is 0 Å². The van der Waals surface area contributed by atoms with E-state index < -0.39 is 7.92 Å². The summed E-state index contributed by atoms with van der Waals surface area (Å²) in [5.41, 5.74) is 10.7. The maximum atomic E-state index is 6.54. The SMILES string of the molecule is COc1c(OC)c(-c2c(C(C)C)cc(C(C)C)cc2C(C)C)c(-c2ccccc2)c(P(C2CCCCC2)C2CCCCC2)c1OC. The summed E-state index contributed by atoms with van der Waals surface area (Å²) in [5.74, 6) is 3.59. The zero-order valence-electron chi connectivity index (χ0n) is 30.2. The minimum Gasteiger partial charge on any atom is -0.492 e. The molecule has 3 nitrogen and oxygen atoms in total. The van der Waals surface area contributed by atoms with Gasteiger partial charge in [-0.3, -0.25) is 0 Å². The third-order valence-corrected chi connectivity index (χ3v) is 14.1. The van der Waals surface area contributed by atoms with Crippen molar-refractivity contribution >= 4 is 13.2 Å². The van der Waals surface area contributed by atoms with E-state index in [9.17, 15) is 0 Å². The van der Waals surface area contributed by atoms with Crippen LogP contribution in [0.5, 0.6) is 17.2 Å². The van der Waals surface area contributed by atoms with Crippen LogP contribution in [0.15, 0.2) is 42.5 Å². The van der Waals surface area contributed by atoms with E-state index in [1.165, 1.54) is 108 Å². The van der Waals surface area contributed by atoms with Gasteiger partial charge in [-0.1, -0.05) is 130 Å². The quantitative estimate of drug-likeness (QED) is 0.195. The molecule has 2 aliphatic rings. The molecule has 0 amide bonds. The highest BCUT2D eigenvalue weighted by Gasteiger charge is 2.40. The van der Waals surface area contributed by atoms with Gasteiger partial charge < -0.3 is 14.2 Å². The van der Waals surface area contributed by atoms with Gasteiger partial charge in [-0.25, -0.2) is 0 Å². The number of rotatable bonds is 11. The van der Waals surface area contributed by atoms with E-state index in [-0.39, 0.29) is 0 Å². The third-order valence-electron chi connectivity index (χ3n) is 10.6. The van der Waals surface area contributed by atoms with E-state index in [2.05, 4.69) is 84.0 Å². The first-order chi connectivity index (χ1) is 22.2. The zero-order chi connectivity index (χ0) is 33.0. The van der Waals surface area contributed by atoms with E-state index in [0.29, 0.717) is 29.1 Å². The Bertz CT molecular complexity index is 1400. The standard InChI is InChI=1S/C42H59O3P/c1-27(2)31-25-34(28(3)4)37(35(26-31)29(5)6)38-36(30-19-13-10-14-20-30)42(41(45-9)40(44-8)39(38)43-7)46(32-21-15-11-16-22-32)33-23-17-12-18-24-33/h10,13-14,19-20,25-29,32-33H,11-12,15-18,21-24H2,1-9H3. The second-order valence-electron chi connectivity index (χ2n) is 14.6. The van der Waals surface area contributed by atoms with E-state index in [4.69, 9.17) is 14.2 Å². The Morgan fingerprint density at radius 2 is 1.02 bits per heavy atom. The maximum absolute atomic E-state index is 6.54. The van der Waals surface area contributed by atoms with Gasteiger partial charge in [0.25, 0.3) is 0 Å². The Labute approximate surface area is 281 Å². The van der Waals surface area contributed by atoms with Gasteiger partial charge in [-0.05, 0) is 82.6 Å². The minimum absolute atomic E-state index is 0.342. The smallest absolute Gasteiger partial charge is 0.204 e. The molecule has 4 heteroatoms. The summed E-state index contributed by atoms with van der Waals surface area (Å²) in [5, 5.41) is 1.42. The van der Waals surface area contributed by atoms with Gasteiger partial charge in [0.15, 0.2) is 11.5 Å². The van der Waals surface area contributed by atoms with Crippen molar-refractivity contribution in [3.8, 4) is 39.5 Å². The van der Waals surface area contributed by atoms with Gasteiger partial charge in [-0.15, -0.1) is 0 Å². The van der Waals surface area contributed by atoms with Crippen molar-refractivity contribution in [2.75, 3.05) is 21.3 Å². The van der Waals surface area contributed by atoms with Crippen molar-refractivity contribution < 1.29 is 14.2 Å². The first kappa shape index (κ1) is 34.8. The summed E-state index contributed by atoms with van der Waals surface area (Å²) >= 11 is 0. The lowest BCUT2D eigenvalue weighted by atomic mass is 9.79. The molecular weight excluding hydrogens is 583 g/mol. The predicted octanol–water partition coefficient (Wildman–Crippen LogP) is 12.2. The fraction of sp³-hybridized carbons (Fsp3) is 0.571. The number of methoxy groups -OCH3 is 3. The Balaban J connectivity index is 2.02. The lowest BCUT2D eigenvalue weighted by Gasteiger charge is -2.41. The van der Waals surface area contributed by atoms with Gasteiger partial charge in [0, 0.05) is 16.4 Å². The molecule has 0 bridgehead atoms. The molecule has 2 aliphatic carbocycles. The molecule has 0 atom stereocenters. The van der Waals surface area contributed by atoms with Crippen LogP contribution in [-0.2, 0) is 0 Å². The second kappa shape index (κ2) is 15.6. The second-order valence-corrected chi connectivity index (χ2v) is 17.3. The van der Waals surface area contributed by atoms with Gasteiger partial charge in [-0.2, -0.15) is 0 Å². The van der Waals surface area contributed by atoms with Crippen molar-refractivity contribution in [1.29, 1.82) is 0 Å². The number of benzene rings is 3. The summed E-state index contributed by atoms with van der Waals surface area (Å²) in [4.78, 5) is 0. The van der Waals surface area contributed by atoms with Crippen LogP contribution in [0.2, 0.25) is 0 Å². The van der Waals surface area contributed by atoms with Crippen molar-refractivity contribution in [2.45, 2.75) is 135 Å². The van der Waals surface area contributed by atoms with Crippen LogP contribution >= 0.6 is 7.92 Å². The molecule has 0 heterocycles. The molecule has 0 aromatic heterocycles. The first-order valence-corrected chi connectivity index (χ1v) is 19.6. The molecule has 5 rings (SSSR count). The zero-order valence-corrected chi connectivity index (χ0v) is 31.1. The average Bonchev–Trinajstić information content (AvgIpc) is 3.08. The summed E-state index contributed by atoms with van der Waals surface area (Å²) in [6, 6.07) is 16.1. The highest BCUT2D eigenvalue weighted by atomic mass is 31.1. The summed E-state index contributed by atoms with van der Waals surface area (Å²) in [6.07, 6.45) is 13.4. The molecule has 0 saturated heterocycles.